The average Bonchev–Trinajstić information content (AvgIpc) is 2.68. The van der Waals surface area contributed by atoms with E-state index in [1.54, 1.807) is 6.07 Å². The molecule has 0 aliphatic rings. The number of aryl methyl sites for hydroxylation is 1. The maximum Gasteiger partial charge on any atom is 0.293 e. The van der Waals surface area contributed by atoms with Crippen molar-refractivity contribution >= 4 is 22.8 Å². The van der Waals surface area contributed by atoms with Gasteiger partial charge in [-0.2, -0.15) is 4.98 Å². The predicted molar refractivity (Wildman–Crippen MR) is 70.7 cm³/mol. The molecule has 4 nitrogen and oxygen atoms in total. The molecular weight excluding hydrogens is 250 g/mol. The van der Waals surface area contributed by atoms with Crippen LogP contribution in [-0.4, -0.2) is 20.1 Å². The molecular formula is C13H10ClN3O. The van der Waals surface area contributed by atoms with Crippen molar-refractivity contribution in [3.05, 3.63) is 40.9 Å². The lowest BCUT2D eigenvalue weighted by Crippen LogP contribution is -1.87. The average molecular weight is 260 g/mol. The van der Waals surface area contributed by atoms with Gasteiger partial charge in [0.05, 0.1) is 16.2 Å². The van der Waals surface area contributed by atoms with Gasteiger partial charge >= 0.3 is 0 Å². The maximum atomic E-state index is 9.30. The molecule has 2 heterocycles. The van der Waals surface area contributed by atoms with Gasteiger partial charge in [-0.1, -0.05) is 41.4 Å². The van der Waals surface area contributed by atoms with Gasteiger partial charge in [-0.25, -0.2) is 4.98 Å². The van der Waals surface area contributed by atoms with Gasteiger partial charge in [-0.05, 0) is 13.0 Å². The molecule has 3 aromatic rings. The normalized spacial score (nSPS) is 11.0. The van der Waals surface area contributed by atoms with Crippen LogP contribution in [0.3, 0.4) is 0 Å². The first-order valence-corrected chi connectivity index (χ1v) is 5.83. The number of H-pyrrole nitrogens is 1. The van der Waals surface area contributed by atoms with Crippen molar-refractivity contribution in [2.24, 2.45) is 0 Å². The summed E-state index contributed by atoms with van der Waals surface area (Å²) >= 11 is 6.19. The third-order valence-electron chi connectivity index (χ3n) is 2.74. The molecule has 0 aliphatic heterocycles. The van der Waals surface area contributed by atoms with Gasteiger partial charge in [0.15, 0.2) is 5.65 Å². The molecule has 2 aromatic heterocycles. The number of aromatic amines is 1. The third kappa shape index (κ3) is 1.80. The lowest BCUT2D eigenvalue weighted by Gasteiger charge is -2.03. The Balaban J connectivity index is 2.21. The second kappa shape index (κ2) is 3.99. The second-order valence-corrected chi connectivity index (χ2v) is 4.52. The summed E-state index contributed by atoms with van der Waals surface area (Å²) in [5.74, 6) is 0. The zero-order chi connectivity index (χ0) is 12.7. The first kappa shape index (κ1) is 11.0. The Morgan fingerprint density at radius 2 is 1.89 bits per heavy atom. The van der Waals surface area contributed by atoms with Crippen molar-refractivity contribution in [1.82, 2.24) is 15.0 Å². The molecule has 0 bridgehead atoms. The number of benzene rings is 1. The number of imidazole rings is 1. The van der Waals surface area contributed by atoms with E-state index in [1.807, 2.05) is 31.2 Å². The van der Waals surface area contributed by atoms with E-state index in [1.165, 1.54) is 5.56 Å². The molecule has 0 saturated heterocycles. The summed E-state index contributed by atoms with van der Waals surface area (Å²) in [5, 5.41) is 9.82. The van der Waals surface area contributed by atoms with Crippen molar-refractivity contribution < 1.29 is 5.11 Å². The minimum atomic E-state index is -0.158. The largest absolute Gasteiger partial charge is 0.480 e. The number of nitrogens with one attached hydrogen (secondary N) is 1. The summed E-state index contributed by atoms with van der Waals surface area (Å²) in [6.45, 7) is 2.02. The highest BCUT2D eigenvalue weighted by Crippen LogP contribution is 2.29. The highest BCUT2D eigenvalue weighted by molar-refractivity contribution is 6.33. The van der Waals surface area contributed by atoms with Crippen LogP contribution in [-0.2, 0) is 0 Å². The van der Waals surface area contributed by atoms with Gasteiger partial charge in [0.2, 0.25) is 0 Å². The predicted octanol–water partition coefficient (Wildman–Crippen LogP) is 3.29. The highest BCUT2D eigenvalue weighted by atomic mass is 35.5. The van der Waals surface area contributed by atoms with Crippen LogP contribution in [0.25, 0.3) is 22.4 Å². The molecule has 0 aliphatic carbocycles. The van der Waals surface area contributed by atoms with Crippen LogP contribution in [0.2, 0.25) is 5.02 Å². The van der Waals surface area contributed by atoms with Crippen molar-refractivity contribution in [2.45, 2.75) is 6.92 Å². The van der Waals surface area contributed by atoms with Gasteiger partial charge in [0.1, 0.15) is 0 Å². The van der Waals surface area contributed by atoms with Crippen molar-refractivity contribution in [1.29, 1.82) is 0 Å². The Labute approximate surface area is 108 Å². The lowest BCUT2D eigenvalue weighted by molar-refractivity contribution is 0.438. The number of hydrogen-bond acceptors (Lipinski definition) is 3. The van der Waals surface area contributed by atoms with Crippen LogP contribution in [0.15, 0.2) is 30.3 Å². The summed E-state index contributed by atoms with van der Waals surface area (Å²) in [6, 6.07) is 9.48. The van der Waals surface area contributed by atoms with Crippen LogP contribution >= 0.6 is 11.6 Å². The van der Waals surface area contributed by atoms with E-state index in [9.17, 15) is 5.11 Å². The van der Waals surface area contributed by atoms with Crippen LogP contribution < -0.4 is 0 Å². The van der Waals surface area contributed by atoms with Gasteiger partial charge in [0.25, 0.3) is 6.01 Å². The molecule has 90 valence electrons. The smallest absolute Gasteiger partial charge is 0.293 e. The molecule has 0 unspecified atom stereocenters. The number of pyridine rings is 1. The summed E-state index contributed by atoms with van der Waals surface area (Å²) in [5.41, 5.74) is 3.83. The quantitative estimate of drug-likeness (QED) is 0.705. The van der Waals surface area contributed by atoms with Crippen LogP contribution in [0.5, 0.6) is 6.01 Å². The molecule has 0 fully saturated rings. The number of hydrogen-bond donors (Lipinski definition) is 2. The number of halogens is 1. The molecule has 1 aromatic carbocycles. The van der Waals surface area contributed by atoms with E-state index >= 15 is 0 Å². The lowest BCUT2D eigenvalue weighted by atomic mass is 10.1. The van der Waals surface area contributed by atoms with Gasteiger partial charge in [0, 0.05) is 5.56 Å². The summed E-state index contributed by atoms with van der Waals surface area (Å²) in [6.07, 6.45) is 0. The fourth-order valence-corrected chi connectivity index (χ4v) is 2.08. The van der Waals surface area contributed by atoms with Crippen molar-refractivity contribution in [3.63, 3.8) is 0 Å². The minimum absolute atomic E-state index is 0.158. The third-order valence-corrected chi connectivity index (χ3v) is 3.03. The Kier molecular flexibility index (Phi) is 2.45. The van der Waals surface area contributed by atoms with Crippen LogP contribution in [0.1, 0.15) is 5.56 Å². The number of nitrogens with zero attached hydrogens (tertiary/aromatic N) is 2. The van der Waals surface area contributed by atoms with E-state index < -0.39 is 0 Å². The van der Waals surface area contributed by atoms with E-state index in [4.69, 9.17) is 11.6 Å². The molecule has 3 rings (SSSR count). The fraction of sp³-hybridized carbons (Fsp3) is 0.0769. The van der Waals surface area contributed by atoms with Gasteiger partial charge in [-0.15, -0.1) is 0 Å². The first-order valence-electron chi connectivity index (χ1n) is 5.46. The highest BCUT2D eigenvalue weighted by Gasteiger charge is 2.10. The Morgan fingerprint density at radius 1 is 1.17 bits per heavy atom. The van der Waals surface area contributed by atoms with E-state index in [-0.39, 0.29) is 6.01 Å². The fourth-order valence-electron chi connectivity index (χ4n) is 1.82. The Bertz CT molecular complexity index is 719. The molecule has 5 heteroatoms. The van der Waals surface area contributed by atoms with Crippen LogP contribution in [0, 0.1) is 6.92 Å². The number of aromatic hydroxyl groups is 1. The molecule has 18 heavy (non-hydrogen) atoms. The Hall–Kier alpha value is -2.07. The summed E-state index contributed by atoms with van der Waals surface area (Å²) < 4.78 is 0. The first-order chi connectivity index (χ1) is 8.63. The Morgan fingerprint density at radius 3 is 2.61 bits per heavy atom. The molecule has 2 N–H and O–H groups in total. The number of aromatic nitrogens is 3. The standard InChI is InChI=1S/C13H10ClN3O/c1-7-2-4-8(5-3-7)11-9(14)6-10-12(16-11)17-13(18)15-10/h2-6H,1H3,(H2,15,16,17,18). The zero-order valence-corrected chi connectivity index (χ0v) is 10.4. The zero-order valence-electron chi connectivity index (χ0n) is 9.61. The molecule has 0 amide bonds. The second-order valence-electron chi connectivity index (χ2n) is 4.12. The summed E-state index contributed by atoms with van der Waals surface area (Å²) in [7, 11) is 0. The number of fused-ring (bicyclic) bond motifs is 1. The SMILES string of the molecule is Cc1ccc(-c2nc3nc(O)[nH]c3cc2Cl)cc1. The molecule has 0 spiro atoms. The van der Waals surface area contributed by atoms with E-state index in [2.05, 4.69) is 15.0 Å². The van der Waals surface area contributed by atoms with Gasteiger partial charge < -0.3 is 10.1 Å². The van der Waals surface area contributed by atoms with Crippen molar-refractivity contribution in [3.8, 4) is 17.3 Å². The minimum Gasteiger partial charge on any atom is -0.480 e. The molecule has 0 atom stereocenters. The number of rotatable bonds is 1. The van der Waals surface area contributed by atoms with Crippen molar-refractivity contribution in [2.75, 3.05) is 0 Å². The maximum absolute atomic E-state index is 9.30. The summed E-state index contributed by atoms with van der Waals surface area (Å²) in [4.78, 5) is 10.9. The van der Waals surface area contributed by atoms with E-state index in [0.717, 1.165) is 5.56 Å². The molecule has 0 radical (unpaired) electrons. The monoisotopic (exact) mass is 259 g/mol. The van der Waals surface area contributed by atoms with E-state index in [0.29, 0.717) is 21.9 Å². The van der Waals surface area contributed by atoms with Gasteiger partial charge in [-0.3, -0.25) is 0 Å². The van der Waals surface area contributed by atoms with Crippen LogP contribution in [0.4, 0.5) is 0 Å². The topological polar surface area (TPSA) is 61.8 Å². The molecule has 0 saturated carbocycles.